The summed E-state index contributed by atoms with van der Waals surface area (Å²) in [5, 5.41) is 11.0. The van der Waals surface area contributed by atoms with Gasteiger partial charge in [0.05, 0.1) is 6.20 Å². The predicted molar refractivity (Wildman–Crippen MR) is 33.6 cm³/mol. The lowest BCUT2D eigenvalue weighted by Crippen LogP contribution is -2.09. The number of rotatable bonds is 0. The smallest absolute Gasteiger partial charge is 0.146 e. The molecule has 0 amide bonds. The van der Waals surface area contributed by atoms with Crippen LogP contribution in [0.5, 0.6) is 0 Å². The molecule has 47 valence electrons. The lowest BCUT2D eigenvalue weighted by molar-refractivity contribution is 0.696. The minimum Gasteiger partial charge on any atom is -0.267 e. The van der Waals surface area contributed by atoms with Crippen molar-refractivity contribution in [1.29, 1.82) is 0 Å². The monoisotopic (exact) mass is 122 g/mol. The van der Waals surface area contributed by atoms with Gasteiger partial charge in [-0.15, -0.1) is 0 Å². The van der Waals surface area contributed by atoms with Gasteiger partial charge in [0, 0.05) is 12.1 Å². The van der Waals surface area contributed by atoms with Crippen LogP contribution in [0, 0.1) is 0 Å². The minimum atomic E-state index is 0.954. The molecule has 0 spiro atoms. The SMILES string of the molecule is c1n[nH]c2c1CCC[N]2. The summed E-state index contributed by atoms with van der Waals surface area (Å²) in [5.74, 6) is 0.987. The maximum atomic E-state index is 4.23. The number of nitrogens with one attached hydrogen (secondary N) is 1. The third-order valence-electron chi connectivity index (χ3n) is 1.57. The van der Waals surface area contributed by atoms with E-state index in [0.29, 0.717) is 0 Å². The van der Waals surface area contributed by atoms with Gasteiger partial charge in [0.15, 0.2) is 0 Å². The van der Waals surface area contributed by atoms with E-state index in [2.05, 4.69) is 15.5 Å². The molecule has 3 nitrogen and oxygen atoms in total. The second kappa shape index (κ2) is 1.76. The fourth-order valence-corrected chi connectivity index (χ4v) is 1.08. The molecule has 0 unspecified atom stereocenters. The quantitative estimate of drug-likeness (QED) is 0.537. The standard InChI is InChI=1S/C6H8N3/c1-2-5-4-8-9-6(5)7-3-1/h4H,1-3H2,(H,8,9). The number of aromatic amines is 1. The van der Waals surface area contributed by atoms with Crippen molar-refractivity contribution >= 4 is 5.82 Å². The van der Waals surface area contributed by atoms with E-state index in [-0.39, 0.29) is 0 Å². The fraction of sp³-hybridized carbons (Fsp3) is 0.500. The first kappa shape index (κ1) is 4.85. The number of hydrogen-bond donors (Lipinski definition) is 1. The Morgan fingerprint density at radius 3 is 3.44 bits per heavy atom. The minimum absolute atomic E-state index is 0.954. The predicted octanol–water partition coefficient (Wildman–Crippen LogP) is 0.592. The molecule has 0 fully saturated rings. The van der Waals surface area contributed by atoms with Crippen molar-refractivity contribution in [2.75, 3.05) is 6.54 Å². The second-order valence-electron chi connectivity index (χ2n) is 2.23. The number of fused-ring (bicyclic) bond motifs is 1. The molecule has 2 rings (SSSR count). The average Bonchev–Trinajstić information content (AvgIpc) is 2.33. The van der Waals surface area contributed by atoms with Gasteiger partial charge in [-0.2, -0.15) is 5.10 Å². The average molecular weight is 122 g/mol. The summed E-state index contributed by atoms with van der Waals surface area (Å²) in [7, 11) is 0. The lowest BCUT2D eigenvalue weighted by Gasteiger charge is -2.08. The van der Waals surface area contributed by atoms with Crippen molar-refractivity contribution in [3.63, 3.8) is 0 Å². The van der Waals surface area contributed by atoms with E-state index < -0.39 is 0 Å². The van der Waals surface area contributed by atoms with E-state index in [0.717, 1.165) is 18.8 Å². The van der Waals surface area contributed by atoms with Crippen LogP contribution in [0.3, 0.4) is 0 Å². The third kappa shape index (κ3) is 0.686. The molecule has 1 radical (unpaired) electrons. The van der Waals surface area contributed by atoms with Gasteiger partial charge in [0.1, 0.15) is 5.82 Å². The largest absolute Gasteiger partial charge is 0.267 e. The Morgan fingerprint density at radius 2 is 2.56 bits per heavy atom. The first-order chi connectivity index (χ1) is 4.47. The van der Waals surface area contributed by atoms with Crippen LogP contribution in [0.4, 0.5) is 5.82 Å². The van der Waals surface area contributed by atoms with Crippen LogP contribution < -0.4 is 5.32 Å². The molecule has 0 saturated heterocycles. The second-order valence-corrected chi connectivity index (χ2v) is 2.23. The molecule has 0 bridgehead atoms. The van der Waals surface area contributed by atoms with Gasteiger partial charge in [-0.25, -0.2) is 0 Å². The van der Waals surface area contributed by atoms with E-state index in [1.54, 1.807) is 0 Å². The zero-order valence-corrected chi connectivity index (χ0v) is 5.09. The molecule has 0 aliphatic carbocycles. The molecule has 1 aromatic heterocycles. The Morgan fingerprint density at radius 1 is 1.56 bits per heavy atom. The summed E-state index contributed by atoms with van der Waals surface area (Å²) in [4.78, 5) is 0. The fourth-order valence-electron chi connectivity index (χ4n) is 1.08. The van der Waals surface area contributed by atoms with E-state index in [9.17, 15) is 0 Å². The normalized spacial score (nSPS) is 16.4. The molecule has 2 heterocycles. The van der Waals surface area contributed by atoms with Crippen molar-refractivity contribution in [2.45, 2.75) is 12.8 Å². The third-order valence-corrected chi connectivity index (χ3v) is 1.57. The molecule has 0 atom stereocenters. The van der Waals surface area contributed by atoms with Gasteiger partial charge in [0.25, 0.3) is 0 Å². The Hall–Kier alpha value is -0.990. The highest BCUT2D eigenvalue weighted by molar-refractivity contribution is 5.36. The van der Waals surface area contributed by atoms with Crippen molar-refractivity contribution < 1.29 is 0 Å². The topological polar surface area (TPSA) is 42.8 Å². The van der Waals surface area contributed by atoms with Crippen LogP contribution in [0.2, 0.25) is 0 Å². The molecular weight excluding hydrogens is 114 g/mol. The maximum absolute atomic E-state index is 4.23. The Kier molecular flexibility index (Phi) is 0.946. The lowest BCUT2D eigenvalue weighted by atomic mass is 10.1. The summed E-state index contributed by atoms with van der Waals surface area (Å²) in [6.45, 7) is 0.954. The van der Waals surface area contributed by atoms with Gasteiger partial charge >= 0.3 is 0 Å². The highest BCUT2D eigenvalue weighted by Crippen LogP contribution is 2.16. The van der Waals surface area contributed by atoms with Gasteiger partial charge < -0.3 is 0 Å². The Balaban J connectivity index is 2.39. The number of aromatic nitrogens is 2. The van der Waals surface area contributed by atoms with E-state index in [4.69, 9.17) is 0 Å². The van der Waals surface area contributed by atoms with Crippen molar-refractivity contribution in [3.8, 4) is 0 Å². The van der Waals surface area contributed by atoms with Crippen LogP contribution >= 0.6 is 0 Å². The zero-order valence-electron chi connectivity index (χ0n) is 5.09. The molecule has 3 heteroatoms. The maximum Gasteiger partial charge on any atom is 0.146 e. The molecule has 1 aromatic rings. The summed E-state index contributed by atoms with van der Waals surface area (Å²) >= 11 is 0. The van der Waals surface area contributed by atoms with Gasteiger partial charge in [-0.05, 0) is 12.8 Å². The molecule has 1 aliphatic heterocycles. The highest BCUT2D eigenvalue weighted by Gasteiger charge is 2.09. The van der Waals surface area contributed by atoms with Crippen LogP contribution in [0.1, 0.15) is 12.0 Å². The summed E-state index contributed by atoms with van der Waals surface area (Å²) < 4.78 is 0. The summed E-state index contributed by atoms with van der Waals surface area (Å²) in [6, 6.07) is 0. The molecule has 9 heavy (non-hydrogen) atoms. The first-order valence-corrected chi connectivity index (χ1v) is 3.16. The van der Waals surface area contributed by atoms with Crippen molar-refractivity contribution in [2.24, 2.45) is 0 Å². The Labute approximate surface area is 53.5 Å². The molecule has 1 N–H and O–H groups in total. The van der Waals surface area contributed by atoms with Gasteiger partial charge in [-0.1, -0.05) is 0 Å². The van der Waals surface area contributed by atoms with E-state index >= 15 is 0 Å². The van der Waals surface area contributed by atoms with E-state index in [1.807, 2.05) is 6.20 Å². The van der Waals surface area contributed by atoms with Crippen molar-refractivity contribution in [3.05, 3.63) is 11.8 Å². The molecule has 1 aliphatic rings. The highest BCUT2D eigenvalue weighted by atomic mass is 15.2. The molecular formula is C6H8N3. The molecule has 0 aromatic carbocycles. The number of hydrogen-bond acceptors (Lipinski definition) is 1. The number of H-pyrrole nitrogens is 1. The van der Waals surface area contributed by atoms with Crippen LogP contribution in [0.25, 0.3) is 0 Å². The van der Waals surface area contributed by atoms with E-state index in [1.165, 1.54) is 12.0 Å². The van der Waals surface area contributed by atoms with Crippen LogP contribution in [0.15, 0.2) is 6.20 Å². The van der Waals surface area contributed by atoms with Gasteiger partial charge in [0.2, 0.25) is 0 Å². The zero-order chi connectivity index (χ0) is 6.10. The number of nitrogens with zero attached hydrogens (tertiary/aromatic N) is 2. The molecule has 0 saturated carbocycles. The Bertz CT molecular complexity index is 183. The van der Waals surface area contributed by atoms with Crippen molar-refractivity contribution in [1.82, 2.24) is 15.5 Å². The van der Waals surface area contributed by atoms with Crippen LogP contribution in [-0.2, 0) is 6.42 Å². The summed E-state index contributed by atoms with van der Waals surface area (Å²) in [6.07, 6.45) is 4.17. The van der Waals surface area contributed by atoms with Gasteiger partial charge in [-0.3, -0.25) is 10.4 Å². The number of aryl methyl sites for hydroxylation is 1. The van der Waals surface area contributed by atoms with Crippen LogP contribution in [-0.4, -0.2) is 16.7 Å². The summed E-state index contributed by atoms with van der Waals surface area (Å²) in [5.41, 5.74) is 1.27. The first-order valence-electron chi connectivity index (χ1n) is 3.16.